The van der Waals surface area contributed by atoms with Gasteiger partial charge in [-0.25, -0.2) is 8.42 Å². The average Bonchev–Trinajstić information content (AvgIpc) is 3.04. The molecule has 1 saturated heterocycles. The van der Waals surface area contributed by atoms with E-state index in [0.717, 1.165) is 0 Å². The molecule has 25 heavy (non-hydrogen) atoms. The number of carbonyl (C=O) groups excluding carboxylic acids is 1. The van der Waals surface area contributed by atoms with Gasteiger partial charge in [-0.15, -0.1) is 0 Å². The molecule has 1 aliphatic heterocycles. The van der Waals surface area contributed by atoms with Crippen LogP contribution in [0.5, 0.6) is 0 Å². The Bertz CT molecular complexity index is 966. The molecule has 9 heteroatoms. The van der Waals surface area contributed by atoms with Crippen LogP contribution < -0.4 is 5.32 Å². The maximum absolute atomic E-state index is 13.0. The summed E-state index contributed by atoms with van der Waals surface area (Å²) in [6.45, 7) is 0.456. The molecule has 130 valence electrons. The van der Waals surface area contributed by atoms with Crippen LogP contribution in [0.4, 0.5) is 0 Å². The van der Waals surface area contributed by atoms with E-state index in [1.54, 1.807) is 24.4 Å². The molecule has 1 aromatic carbocycles. The summed E-state index contributed by atoms with van der Waals surface area (Å²) in [4.78, 5) is 15.6. The predicted molar refractivity (Wildman–Crippen MR) is 92.3 cm³/mol. The lowest BCUT2D eigenvalue weighted by Gasteiger charge is -2.18. The zero-order chi connectivity index (χ0) is 18.0. The maximum atomic E-state index is 13.0. The summed E-state index contributed by atoms with van der Waals surface area (Å²) < 4.78 is 27.4. The van der Waals surface area contributed by atoms with Gasteiger partial charge in [0.15, 0.2) is 0 Å². The summed E-state index contributed by atoms with van der Waals surface area (Å²) >= 11 is 6.17. The summed E-state index contributed by atoms with van der Waals surface area (Å²) in [5.74, 6) is -0.397. The molecular weight excluding hydrogens is 364 g/mol. The van der Waals surface area contributed by atoms with Crippen molar-refractivity contribution in [2.24, 2.45) is 0 Å². The second kappa shape index (κ2) is 6.96. The summed E-state index contributed by atoms with van der Waals surface area (Å²) in [6, 6.07) is 6.39. The maximum Gasteiger partial charge on any atom is 0.243 e. The van der Waals surface area contributed by atoms with Crippen molar-refractivity contribution in [2.75, 3.05) is 13.1 Å². The normalized spacial score (nSPS) is 18.2. The van der Waals surface area contributed by atoms with Gasteiger partial charge in [0.25, 0.3) is 0 Å². The van der Waals surface area contributed by atoms with Crippen molar-refractivity contribution in [1.82, 2.24) is 14.6 Å². The highest BCUT2D eigenvalue weighted by molar-refractivity contribution is 7.89. The number of carbonyl (C=O) groups is 1. The third-order valence-corrected chi connectivity index (χ3v) is 6.27. The molecule has 7 nitrogen and oxygen atoms in total. The first-order valence-corrected chi connectivity index (χ1v) is 9.44. The van der Waals surface area contributed by atoms with Crippen molar-refractivity contribution in [2.45, 2.75) is 23.8 Å². The first-order valence-electron chi connectivity index (χ1n) is 7.62. The molecule has 1 amide bonds. The van der Waals surface area contributed by atoms with Crippen molar-refractivity contribution in [3.63, 3.8) is 0 Å². The highest BCUT2D eigenvalue weighted by Crippen LogP contribution is 2.32. The Hall–Kier alpha value is -2.21. The Kier molecular flexibility index (Phi) is 4.90. The minimum Gasteiger partial charge on any atom is -0.351 e. The van der Waals surface area contributed by atoms with Gasteiger partial charge in [-0.05, 0) is 12.5 Å². The van der Waals surface area contributed by atoms with Gasteiger partial charge >= 0.3 is 0 Å². The molecule has 0 saturated carbocycles. The van der Waals surface area contributed by atoms with Crippen molar-refractivity contribution < 1.29 is 13.2 Å². The second-order valence-corrected chi connectivity index (χ2v) is 8.04. The van der Waals surface area contributed by atoms with Crippen LogP contribution in [0.1, 0.15) is 12.8 Å². The Morgan fingerprint density at radius 3 is 3.00 bits per heavy atom. The van der Waals surface area contributed by atoms with E-state index < -0.39 is 15.9 Å². The fraction of sp³-hybridized carbons (Fsp3) is 0.312. The molecule has 0 bridgehead atoms. The number of nitrogens with zero attached hydrogens (tertiary/aromatic N) is 3. The van der Waals surface area contributed by atoms with Crippen LogP contribution in [-0.4, -0.2) is 42.7 Å². The van der Waals surface area contributed by atoms with E-state index in [4.69, 9.17) is 16.9 Å². The van der Waals surface area contributed by atoms with Gasteiger partial charge in [-0.1, -0.05) is 23.7 Å². The summed E-state index contributed by atoms with van der Waals surface area (Å²) in [5, 5.41) is 12.6. The van der Waals surface area contributed by atoms with Gasteiger partial charge in [-0.2, -0.15) is 9.57 Å². The van der Waals surface area contributed by atoms with E-state index in [2.05, 4.69) is 10.3 Å². The van der Waals surface area contributed by atoms with Crippen LogP contribution in [0.3, 0.4) is 0 Å². The number of halogens is 1. The number of nitrogens with one attached hydrogen (secondary N) is 1. The van der Waals surface area contributed by atoms with Crippen molar-refractivity contribution in [3.8, 4) is 6.07 Å². The van der Waals surface area contributed by atoms with Crippen LogP contribution >= 0.6 is 11.6 Å². The Morgan fingerprint density at radius 1 is 1.44 bits per heavy atom. The minimum atomic E-state index is -3.76. The predicted octanol–water partition coefficient (Wildman–Crippen LogP) is 1.68. The molecule has 0 spiro atoms. The third-order valence-electron chi connectivity index (χ3n) is 4.07. The first kappa shape index (κ1) is 17.6. The topological polar surface area (TPSA) is 103 Å². The van der Waals surface area contributed by atoms with Crippen LogP contribution in [0, 0.1) is 11.3 Å². The van der Waals surface area contributed by atoms with Gasteiger partial charge in [0.05, 0.1) is 16.0 Å². The number of hydrogen-bond donors (Lipinski definition) is 1. The van der Waals surface area contributed by atoms with E-state index in [-0.39, 0.29) is 28.9 Å². The Labute approximate surface area is 150 Å². The molecular formula is C16H15ClN4O3S. The van der Waals surface area contributed by atoms with Gasteiger partial charge < -0.3 is 5.32 Å². The smallest absolute Gasteiger partial charge is 0.243 e. The van der Waals surface area contributed by atoms with E-state index in [1.807, 2.05) is 0 Å². The Morgan fingerprint density at radius 2 is 2.24 bits per heavy atom. The molecule has 1 atom stereocenters. The second-order valence-electron chi connectivity index (χ2n) is 5.73. The quantitative estimate of drug-likeness (QED) is 0.871. The number of sulfonamides is 1. The molecule has 1 aliphatic rings. The lowest BCUT2D eigenvalue weighted by Crippen LogP contribution is -2.38. The largest absolute Gasteiger partial charge is 0.351 e. The molecule has 1 N–H and O–H groups in total. The summed E-state index contributed by atoms with van der Waals surface area (Å²) in [6.07, 6.45) is 3.23. The van der Waals surface area contributed by atoms with E-state index >= 15 is 0 Å². The van der Waals surface area contributed by atoms with Crippen molar-refractivity contribution in [3.05, 3.63) is 35.6 Å². The van der Waals surface area contributed by atoms with E-state index in [0.29, 0.717) is 23.7 Å². The van der Waals surface area contributed by atoms with Gasteiger partial charge in [-0.3, -0.25) is 9.78 Å². The highest BCUT2D eigenvalue weighted by Gasteiger charge is 2.34. The SMILES string of the molecule is N#CCC(=O)N[C@@H]1CCN(S(=O)(=O)c2cccc3cncc(Cl)c23)C1. The van der Waals surface area contributed by atoms with Crippen LogP contribution in [-0.2, 0) is 14.8 Å². The van der Waals surface area contributed by atoms with Gasteiger partial charge in [0.1, 0.15) is 6.42 Å². The monoisotopic (exact) mass is 378 g/mol. The number of fused-ring (bicyclic) bond motifs is 1. The molecule has 0 aliphatic carbocycles. The number of amides is 1. The van der Waals surface area contributed by atoms with Crippen molar-refractivity contribution in [1.29, 1.82) is 5.26 Å². The molecule has 3 rings (SSSR count). The fourth-order valence-electron chi connectivity index (χ4n) is 2.93. The number of nitriles is 1. The number of aromatic nitrogens is 1. The molecule has 0 unspecified atom stereocenters. The van der Waals surface area contributed by atoms with E-state index in [9.17, 15) is 13.2 Å². The zero-order valence-corrected chi connectivity index (χ0v) is 14.7. The molecule has 1 fully saturated rings. The first-order chi connectivity index (χ1) is 11.9. The number of hydrogen-bond acceptors (Lipinski definition) is 5. The van der Waals surface area contributed by atoms with Crippen LogP contribution in [0.15, 0.2) is 35.5 Å². The van der Waals surface area contributed by atoms with Crippen LogP contribution in [0.2, 0.25) is 5.02 Å². The number of benzene rings is 1. The Balaban J connectivity index is 1.89. The standard InChI is InChI=1S/C16H15ClN4O3S/c17-13-9-19-8-11-2-1-3-14(16(11)13)25(23,24)21-7-5-12(10-21)20-15(22)4-6-18/h1-3,8-9,12H,4-5,7,10H2,(H,20,22)/t12-/m1/s1. The van der Waals surface area contributed by atoms with Crippen molar-refractivity contribution >= 4 is 38.3 Å². The molecule has 2 aromatic rings. The number of pyridine rings is 1. The van der Waals surface area contributed by atoms with Crippen LogP contribution in [0.25, 0.3) is 10.8 Å². The minimum absolute atomic E-state index is 0.126. The lowest BCUT2D eigenvalue weighted by molar-refractivity contribution is -0.120. The molecule has 1 aromatic heterocycles. The van der Waals surface area contributed by atoms with Gasteiger partial charge in [0.2, 0.25) is 15.9 Å². The molecule has 0 radical (unpaired) electrons. The highest BCUT2D eigenvalue weighted by atomic mass is 35.5. The summed E-state index contributed by atoms with van der Waals surface area (Å²) in [7, 11) is -3.76. The molecule has 2 heterocycles. The number of rotatable bonds is 4. The van der Waals surface area contributed by atoms with E-state index in [1.165, 1.54) is 16.6 Å². The lowest BCUT2D eigenvalue weighted by atomic mass is 10.2. The average molecular weight is 379 g/mol. The zero-order valence-electron chi connectivity index (χ0n) is 13.1. The van der Waals surface area contributed by atoms with Gasteiger partial charge in [0, 0.05) is 42.3 Å². The summed E-state index contributed by atoms with van der Waals surface area (Å²) in [5.41, 5.74) is 0. The third kappa shape index (κ3) is 3.44. The fourth-order valence-corrected chi connectivity index (χ4v) is 4.99.